The van der Waals surface area contributed by atoms with Crippen molar-refractivity contribution in [2.75, 3.05) is 26.9 Å². The molecule has 0 saturated heterocycles. The molecule has 0 radical (unpaired) electrons. The van der Waals surface area contributed by atoms with Gasteiger partial charge < -0.3 is 24.1 Å². The molecule has 3 aromatic rings. The van der Waals surface area contributed by atoms with Gasteiger partial charge in [0.2, 0.25) is 11.7 Å². The Balaban J connectivity index is 1.38. The van der Waals surface area contributed by atoms with Crippen molar-refractivity contribution in [3.8, 4) is 17.2 Å². The van der Waals surface area contributed by atoms with E-state index in [-0.39, 0.29) is 5.91 Å². The number of ether oxygens (including phenoxy) is 3. The highest BCUT2D eigenvalue weighted by atomic mass is 16.6. The van der Waals surface area contributed by atoms with Crippen LogP contribution in [0.5, 0.6) is 17.2 Å². The number of hydrogen-bond donors (Lipinski definition) is 1. The Morgan fingerprint density at radius 2 is 2.10 bits per heavy atom. The fraction of sp³-hybridized carbons (Fsp3) is 0.273. The van der Waals surface area contributed by atoms with Crippen molar-refractivity contribution >= 4 is 23.0 Å². The molecule has 2 heterocycles. The van der Waals surface area contributed by atoms with Gasteiger partial charge in [0, 0.05) is 19.2 Å². The first-order valence-corrected chi connectivity index (χ1v) is 9.51. The number of fused-ring (bicyclic) bond motifs is 2. The van der Waals surface area contributed by atoms with Crippen molar-refractivity contribution in [3.63, 3.8) is 0 Å². The molecule has 29 heavy (non-hydrogen) atoms. The van der Waals surface area contributed by atoms with E-state index in [0.29, 0.717) is 43.6 Å². The van der Waals surface area contributed by atoms with Crippen LogP contribution >= 0.6 is 0 Å². The number of carbonyl (C=O) groups is 1. The van der Waals surface area contributed by atoms with Gasteiger partial charge in [-0.2, -0.15) is 0 Å². The van der Waals surface area contributed by atoms with Gasteiger partial charge in [0.05, 0.1) is 18.1 Å². The van der Waals surface area contributed by atoms with Crippen LogP contribution < -0.4 is 19.5 Å². The number of methoxy groups -OCH3 is 1. The van der Waals surface area contributed by atoms with Crippen LogP contribution in [0.25, 0.3) is 17.1 Å². The summed E-state index contributed by atoms with van der Waals surface area (Å²) in [6.45, 7) is 4.12. The first-order valence-electron chi connectivity index (χ1n) is 9.51. The lowest BCUT2D eigenvalue weighted by molar-refractivity contribution is -0.116. The Hall–Kier alpha value is -3.48. The number of imidazole rings is 1. The molecule has 7 nitrogen and oxygen atoms in total. The second-order valence-corrected chi connectivity index (χ2v) is 6.67. The molecule has 150 valence electrons. The molecular weight excluding hydrogens is 370 g/mol. The van der Waals surface area contributed by atoms with Gasteiger partial charge in [0.15, 0.2) is 11.5 Å². The second-order valence-electron chi connectivity index (χ2n) is 6.67. The van der Waals surface area contributed by atoms with Gasteiger partial charge >= 0.3 is 0 Å². The molecule has 1 aliphatic rings. The third-order valence-electron chi connectivity index (χ3n) is 4.76. The Morgan fingerprint density at radius 3 is 2.97 bits per heavy atom. The summed E-state index contributed by atoms with van der Waals surface area (Å²) in [5.41, 5.74) is 2.83. The van der Waals surface area contributed by atoms with Gasteiger partial charge in [-0.3, -0.25) is 4.79 Å². The Labute approximate surface area is 168 Å². The minimum Gasteiger partial charge on any atom is -0.493 e. The number of amides is 1. The third kappa shape index (κ3) is 4.03. The molecule has 0 aliphatic carbocycles. The number of nitrogens with one attached hydrogen (secondary N) is 1. The second kappa shape index (κ2) is 8.26. The molecule has 1 aliphatic heterocycles. The summed E-state index contributed by atoms with van der Waals surface area (Å²) >= 11 is 0. The molecule has 0 unspecified atom stereocenters. The molecule has 4 rings (SSSR count). The van der Waals surface area contributed by atoms with Gasteiger partial charge in [0.1, 0.15) is 19.0 Å². The van der Waals surface area contributed by atoms with Crippen LogP contribution in [-0.4, -0.2) is 42.3 Å². The lowest BCUT2D eigenvalue weighted by atomic mass is 10.1. The van der Waals surface area contributed by atoms with Crippen molar-refractivity contribution in [1.82, 2.24) is 14.9 Å². The van der Waals surface area contributed by atoms with Crippen molar-refractivity contribution < 1.29 is 19.0 Å². The predicted octanol–water partition coefficient (Wildman–Crippen LogP) is 2.95. The smallest absolute Gasteiger partial charge is 0.244 e. The van der Waals surface area contributed by atoms with E-state index in [1.165, 1.54) is 6.08 Å². The van der Waals surface area contributed by atoms with E-state index in [2.05, 4.69) is 14.9 Å². The van der Waals surface area contributed by atoms with E-state index in [0.717, 1.165) is 22.4 Å². The highest BCUT2D eigenvalue weighted by Gasteiger charge is 2.17. The fourth-order valence-electron chi connectivity index (χ4n) is 3.39. The van der Waals surface area contributed by atoms with Gasteiger partial charge in [-0.05, 0) is 42.8 Å². The number of para-hydroxylation sites is 2. The Kier molecular flexibility index (Phi) is 5.37. The average Bonchev–Trinajstić information content (AvgIpc) is 3.07. The molecule has 0 saturated carbocycles. The first-order chi connectivity index (χ1) is 14.2. The van der Waals surface area contributed by atoms with E-state index in [9.17, 15) is 4.79 Å². The molecule has 1 amide bonds. The van der Waals surface area contributed by atoms with Crippen LogP contribution in [-0.2, 0) is 11.3 Å². The maximum Gasteiger partial charge on any atom is 0.244 e. The highest BCUT2D eigenvalue weighted by Crippen LogP contribution is 2.40. The molecule has 0 bridgehead atoms. The minimum absolute atomic E-state index is 0.166. The van der Waals surface area contributed by atoms with E-state index in [1.807, 2.05) is 43.3 Å². The number of benzene rings is 2. The lowest BCUT2D eigenvalue weighted by Crippen LogP contribution is -2.25. The zero-order valence-corrected chi connectivity index (χ0v) is 16.5. The van der Waals surface area contributed by atoms with Gasteiger partial charge in [-0.15, -0.1) is 0 Å². The van der Waals surface area contributed by atoms with E-state index in [1.54, 1.807) is 13.2 Å². The number of nitrogens with zero attached hydrogens (tertiary/aromatic N) is 2. The maximum absolute atomic E-state index is 12.2. The van der Waals surface area contributed by atoms with Crippen LogP contribution in [0, 0.1) is 6.92 Å². The zero-order valence-electron chi connectivity index (χ0n) is 16.5. The molecule has 1 N–H and O–H groups in total. The molecule has 0 atom stereocenters. The molecule has 7 heteroatoms. The average molecular weight is 393 g/mol. The number of aryl methyl sites for hydroxylation is 1. The lowest BCUT2D eigenvalue weighted by Gasteiger charge is -2.20. The van der Waals surface area contributed by atoms with Crippen molar-refractivity contribution in [2.45, 2.75) is 13.5 Å². The first kappa shape index (κ1) is 18.9. The van der Waals surface area contributed by atoms with E-state index >= 15 is 0 Å². The largest absolute Gasteiger partial charge is 0.493 e. The number of rotatable bonds is 6. The topological polar surface area (TPSA) is 74.6 Å². The van der Waals surface area contributed by atoms with Crippen LogP contribution in [0.3, 0.4) is 0 Å². The van der Waals surface area contributed by atoms with Gasteiger partial charge in [-0.25, -0.2) is 4.98 Å². The van der Waals surface area contributed by atoms with E-state index in [4.69, 9.17) is 14.2 Å². The quantitative estimate of drug-likeness (QED) is 0.652. The van der Waals surface area contributed by atoms with Gasteiger partial charge in [0.25, 0.3) is 0 Å². The summed E-state index contributed by atoms with van der Waals surface area (Å²) in [5.74, 6) is 2.58. The maximum atomic E-state index is 12.2. The van der Waals surface area contributed by atoms with Crippen molar-refractivity contribution in [2.24, 2.45) is 0 Å². The number of hydrogen-bond acceptors (Lipinski definition) is 5. The standard InChI is InChI=1S/C22H23N3O4/c1-15-24-17-5-3-4-6-18(17)25(15)10-9-23-21(26)8-7-16-13-19(27-2)22-20(14-16)28-11-12-29-22/h3-8,13-14H,9-12H2,1-2H3,(H,23,26)/b8-7+. The van der Waals surface area contributed by atoms with Gasteiger partial charge in [-0.1, -0.05) is 12.1 Å². The minimum atomic E-state index is -0.166. The summed E-state index contributed by atoms with van der Waals surface area (Å²) in [5, 5.41) is 2.91. The summed E-state index contributed by atoms with van der Waals surface area (Å²) in [4.78, 5) is 16.8. The normalized spacial score (nSPS) is 13.0. The molecule has 2 aromatic carbocycles. The van der Waals surface area contributed by atoms with Crippen LogP contribution in [0.15, 0.2) is 42.5 Å². The van der Waals surface area contributed by atoms with Crippen LogP contribution in [0.1, 0.15) is 11.4 Å². The number of carbonyl (C=O) groups excluding carboxylic acids is 1. The third-order valence-corrected chi connectivity index (χ3v) is 4.76. The summed E-state index contributed by atoms with van der Waals surface area (Å²) in [7, 11) is 1.58. The molecule has 0 spiro atoms. The van der Waals surface area contributed by atoms with Crippen LogP contribution in [0.2, 0.25) is 0 Å². The summed E-state index contributed by atoms with van der Waals surface area (Å²) < 4.78 is 18.7. The highest BCUT2D eigenvalue weighted by molar-refractivity contribution is 5.91. The monoisotopic (exact) mass is 393 g/mol. The zero-order chi connectivity index (χ0) is 20.2. The number of aromatic nitrogens is 2. The Bertz CT molecular complexity index is 1050. The predicted molar refractivity (Wildman–Crippen MR) is 110 cm³/mol. The molecule has 1 aromatic heterocycles. The SMILES string of the molecule is COc1cc(/C=C/C(=O)NCCn2c(C)nc3ccccc32)cc2c1OCCO2. The van der Waals surface area contributed by atoms with Crippen molar-refractivity contribution in [3.05, 3.63) is 53.9 Å². The molecule has 0 fully saturated rings. The summed E-state index contributed by atoms with van der Waals surface area (Å²) in [6.07, 6.45) is 3.23. The van der Waals surface area contributed by atoms with Crippen molar-refractivity contribution in [1.29, 1.82) is 0 Å². The fourth-order valence-corrected chi connectivity index (χ4v) is 3.39. The van der Waals surface area contributed by atoms with E-state index < -0.39 is 0 Å². The Morgan fingerprint density at radius 1 is 1.28 bits per heavy atom. The van der Waals surface area contributed by atoms with Crippen LogP contribution in [0.4, 0.5) is 0 Å². The molecular formula is C22H23N3O4. The summed E-state index contributed by atoms with van der Waals surface area (Å²) in [6, 6.07) is 11.6.